The van der Waals surface area contributed by atoms with Gasteiger partial charge in [0.05, 0.1) is 61.6 Å². The van der Waals surface area contributed by atoms with Crippen LogP contribution in [0.4, 0.5) is 8.78 Å². The van der Waals surface area contributed by atoms with Crippen LogP contribution in [0.1, 0.15) is 109 Å². The van der Waals surface area contributed by atoms with Crippen LogP contribution in [0.15, 0.2) is 60.9 Å². The van der Waals surface area contributed by atoms with Gasteiger partial charge in [0.25, 0.3) is 5.91 Å². The number of nitrogens with zero attached hydrogens (tertiary/aromatic N) is 4. The number of likely N-dealkylation sites (tertiary alicyclic amines) is 1. The van der Waals surface area contributed by atoms with Crippen molar-refractivity contribution in [1.29, 1.82) is 0 Å². The van der Waals surface area contributed by atoms with Gasteiger partial charge in [-0.15, -0.1) is 5.10 Å². The molecule has 7 fully saturated rings. The number of aliphatic hydroxyl groups is 9. The first-order valence-corrected chi connectivity index (χ1v) is 33.9. The Labute approximate surface area is 560 Å². The molecule has 0 radical (unpaired) electrons. The van der Waals surface area contributed by atoms with Crippen molar-refractivity contribution in [2.24, 2.45) is 29.4 Å². The summed E-state index contributed by atoms with van der Waals surface area (Å²) in [5.41, 5.74) is 7.15. The lowest BCUT2D eigenvalue weighted by Gasteiger charge is -2.49. The van der Waals surface area contributed by atoms with E-state index in [1.165, 1.54) is 67.3 Å². The summed E-state index contributed by atoms with van der Waals surface area (Å²) < 4.78 is 74.3. The summed E-state index contributed by atoms with van der Waals surface area (Å²) in [4.78, 5) is 58.1. The summed E-state index contributed by atoms with van der Waals surface area (Å²) in [5.74, 6) is -5.19. The molecule has 97 heavy (non-hydrogen) atoms. The zero-order valence-corrected chi connectivity index (χ0v) is 54.6. The van der Waals surface area contributed by atoms with Crippen LogP contribution in [0, 0.1) is 35.3 Å². The van der Waals surface area contributed by atoms with Crippen molar-refractivity contribution in [3.8, 4) is 11.3 Å². The molecule has 4 saturated heterocycles. The maximum atomic E-state index is 14.6. The topological polar surface area (TPSA) is 423 Å². The molecular weight excluding hydrogens is 1280 g/mol. The fourth-order valence-electron chi connectivity index (χ4n) is 14.5. The van der Waals surface area contributed by atoms with E-state index in [2.05, 4.69) is 31.6 Å². The van der Waals surface area contributed by atoms with Crippen molar-refractivity contribution >= 4 is 29.3 Å². The third-order valence-corrected chi connectivity index (χ3v) is 20.2. The number of rotatable bonds is 25. The molecule has 2 aromatic carbocycles. The average Bonchev–Trinajstić information content (AvgIpc) is 1.59. The van der Waals surface area contributed by atoms with E-state index in [9.17, 15) is 73.9 Å². The van der Waals surface area contributed by atoms with E-state index in [-0.39, 0.29) is 67.6 Å². The van der Waals surface area contributed by atoms with E-state index in [1.807, 2.05) is 6.92 Å². The molecule has 0 bridgehead atoms. The number of nitrogens with one attached hydrogen (secondary N) is 4. The largest absolute Gasteiger partial charge is 0.397 e. The van der Waals surface area contributed by atoms with Gasteiger partial charge in [0.1, 0.15) is 90.5 Å². The van der Waals surface area contributed by atoms with Crippen LogP contribution >= 0.6 is 0 Å². The minimum atomic E-state index is -1.74. The first-order valence-electron chi connectivity index (χ1n) is 33.9. The van der Waals surface area contributed by atoms with Gasteiger partial charge in [-0.05, 0) is 81.5 Å². The number of ether oxygens (including phenoxy) is 7. The Morgan fingerprint density at radius 2 is 1.35 bits per heavy atom. The Morgan fingerprint density at radius 3 is 2.00 bits per heavy atom. The van der Waals surface area contributed by atoms with Crippen LogP contribution < -0.4 is 27.0 Å². The highest BCUT2D eigenvalue weighted by Crippen LogP contribution is 2.42. The Bertz CT molecular complexity index is 3130. The van der Waals surface area contributed by atoms with Gasteiger partial charge in [-0.25, -0.2) is 13.5 Å². The Hall–Kier alpha value is -5.98. The van der Waals surface area contributed by atoms with Crippen LogP contribution in [0.2, 0.25) is 0 Å². The first kappa shape index (κ1) is 73.7. The van der Waals surface area contributed by atoms with Gasteiger partial charge in [-0.3, -0.25) is 19.2 Å². The zero-order valence-electron chi connectivity index (χ0n) is 54.6. The molecule has 10 rings (SSSR count). The minimum absolute atomic E-state index is 0.0365. The van der Waals surface area contributed by atoms with Gasteiger partial charge in [0, 0.05) is 62.3 Å². The molecule has 3 aromatic rings. The highest BCUT2D eigenvalue weighted by Gasteiger charge is 2.54. The molecule has 4 aliphatic heterocycles. The molecule has 29 nitrogen and oxygen atoms in total. The molecule has 7 aliphatic rings. The molecule has 15 N–H and O–H groups in total. The number of aromatic nitrogens is 3. The molecule has 20 unspecified atom stereocenters. The fourth-order valence-corrected chi connectivity index (χ4v) is 14.5. The van der Waals surface area contributed by atoms with E-state index < -0.39 is 189 Å². The lowest BCUT2D eigenvalue weighted by molar-refractivity contribution is -0.338. The molecule has 1 aromatic heterocycles. The summed E-state index contributed by atoms with van der Waals surface area (Å²) in [6, 6.07) is 7.31. The predicted octanol–water partition coefficient (Wildman–Crippen LogP) is -0.919. The van der Waals surface area contributed by atoms with Gasteiger partial charge < -0.3 is 111 Å². The second kappa shape index (κ2) is 33.5. The van der Waals surface area contributed by atoms with Crippen LogP contribution in [0.5, 0.6) is 0 Å². The third-order valence-electron chi connectivity index (χ3n) is 20.2. The maximum Gasteiger partial charge on any atom is 0.251 e. The number of hydrogen-bond donors (Lipinski definition) is 14. The molecule has 538 valence electrons. The molecule has 3 saturated carbocycles. The molecular formula is C66H95F2N9O20. The van der Waals surface area contributed by atoms with Gasteiger partial charge in [0.15, 0.2) is 18.9 Å². The number of nitrogens with two attached hydrogens (primary N) is 1. The zero-order chi connectivity index (χ0) is 69.4. The van der Waals surface area contributed by atoms with Crippen LogP contribution in [0.25, 0.3) is 17.0 Å². The number of amides is 4. The number of benzene rings is 2. The Morgan fingerprint density at radius 1 is 0.711 bits per heavy atom. The molecule has 4 amide bonds. The van der Waals surface area contributed by atoms with E-state index in [1.54, 1.807) is 17.0 Å². The van der Waals surface area contributed by atoms with E-state index in [0.717, 1.165) is 38.5 Å². The third kappa shape index (κ3) is 17.6. The second-order valence-electron chi connectivity index (χ2n) is 26.8. The van der Waals surface area contributed by atoms with Crippen molar-refractivity contribution in [2.75, 3.05) is 39.4 Å². The number of hydrogen-bond acceptors (Lipinski definition) is 24. The van der Waals surface area contributed by atoms with E-state index >= 15 is 0 Å². The summed E-state index contributed by atoms with van der Waals surface area (Å²) in [6.45, 7) is 3.90. The quantitative estimate of drug-likeness (QED) is 0.0456. The highest BCUT2D eigenvalue weighted by molar-refractivity contribution is 5.82. The number of aliphatic hydroxyl groups excluding tert-OH is 9. The molecule has 5 heterocycles. The minimum Gasteiger partial charge on any atom is -0.397 e. The normalized spacial score (nSPS) is 36.2. The summed E-state index contributed by atoms with van der Waals surface area (Å²) in [5, 5.41) is 121. The standard InChI is InChI=1S/C66H95F2N9O20/c1-4-35-22-38(27-46(59(35)97-66-58(87)57(86)52(81)32(2)91-66)94-64-51(73-33(3)80)60(55(84)49(31-79)95-64)92-47(63(90)76-19-10-20-76)21-34-11-6-5-7-12-34)61(88)70-17-18-71-62(89)39-25-44(77-29-43(74-75-77)37-14-9-16-41(68)24-37)53(82)45(26-39)93-65-56(85)50(54(83)48(30-78)96-65)72-28-42(69)36-13-8-15-40(67)23-36/h8-9,13-16,23-24,28-29,32,34-35,38-39,44-60,64-66,72,78-79,81-87H,4-7,10-12,17-22,25-27,30-31,69H2,1-3H3,(H,70,88)(H,71,89)(H,73,80)/b42-28-/t32?,35-,38?,39+,44?,45-,46?,47+,48?,49?,50?,51?,52?,53?,54?,55?,56?,57?,58?,59?,60?,64?,65?,66?/m1/s1. The molecule has 3 aliphatic carbocycles. The summed E-state index contributed by atoms with van der Waals surface area (Å²) in [7, 11) is 0. The smallest absolute Gasteiger partial charge is 0.251 e. The van der Waals surface area contributed by atoms with Crippen molar-refractivity contribution < 1.29 is 107 Å². The fraction of sp³-hybridized carbons (Fsp3) is 0.697. The number of carbonyl (C=O) groups is 4. The second-order valence-corrected chi connectivity index (χ2v) is 26.8. The van der Waals surface area contributed by atoms with Gasteiger partial charge in [-0.1, -0.05) is 74.9 Å². The van der Waals surface area contributed by atoms with E-state index in [4.69, 9.17) is 38.9 Å². The van der Waals surface area contributed by atoms with Gasteiger partial charge in [0.2, 0.25) is 17.7 Å². The predicted molar refractivity (Wildman–Crippen MR) is 336 cm³/mol. The summed E-state index contributed by atoms with van der Waals surface area (Å²) in [6.07, 6.45) is -16.7. The molecule has 31 heteroatoms. The Balaban J connectivity index is 0.853. The first-order chi connectivity index (χ1) is 46.5. The lowest BCUT2D eigenvalue weighted by atomic mass is 9.75. The molecule has 24 atom stereocenters. The van der Waals surface area contributed by atoms with Crippen molar-refractivity contribution in [1.82, 2.24) is 41.2 Å². The van der Waals surface area contributed by atoms with E-state index in [0.29, 0.717) is 31.5 Å². The SMILES string of the molecule is CC[C@@H]1CC(C(=O)NCCNC(=O)[C@H]2CC(n3cc(-c4cccc(F)c4)nn3)C(O)[C@H](OC3OC(CO)C(O)C(N/C=C(\N)c4cccc(F)c4)C3O)C2)CC(OC2OC(CO)C(O)C(O[C@@H](CC3CCCCC3)C(=O)N3CCC3)C2NC(C)=O)C1OC1OC(C)C(O)C(O)C1O. The lowest BCUT2D eigenvalue weighted by Crippen LogP contribution is -2.67. The summed E-state index contributed by atoms with van der Waals surface area (Å²) >= 11 is 0. The molecule has 0 spiro atoms. The Kier molecular flexibility index (Phi) is 25.4. The van der Waals surface area contributed by atoms with Crippen LogP contribution in [0.3, 0.4) is 0 Å². The van der Waals surface area contributed by atoms with Gasteiger partial charge in [-0.2, -0.15) is 0 Å². The van der Waals surface area contributed by atoms with Crippen molar-refractivity contribution in [3.05, 3.63) is 78.1 Å². The van der Waals surface area contributed by atoms with Crippen LogP contribution in [-0.2, 0) is 52.3 Å². The monoisotopic (exact) mass is 1370 g/mol. The average molecular weight is 1370 g/mol. The number of halogens is 2. The van der Waals surface area contributed by atoms with Crippen LogP contribution in [-0.4, -0.2) is 251 Å². The van der Waals surface area contributed by atoms with Gasteiger partial charge >= 0.3 is 0 Å². The maximum absolute atomic E-state index is 14.6. The number of carbonyl (C=O) groups excluding carboxylic acids is 4. The highest BCUT2D eigenvalue weighted by atomic mass is 19.1. The van der Waals surface area contributed by atoms with Crippen molar-refractivity contribution in [3.63, 3.8) is 0 Å². The van der Waals surface area contributed by atoms with Crippen molar-refractivity contribution in [2.45, 2.75) is 226 Å².